The van der Waals surface area contributed by atoms with Crippen molar-refractivity contribution < 1.29 is 4.79 Å². The SMILES string of the molecule is CCc1sc(C(=O)NCCc2ncc[nH]2)cc1C. The van der Waals surface area contributed by atoms with Crippen molar-refractivity contribution >= 4 is 17.2 Å². The molecule has 2 rings (SSSR count). The third kappa shape index (κ3) is 2.98. The lowest BCUT2D eigenvalue weighted by Gasteiger charge is -2.01. The van der Waals surface area contributed by atoms with E-state index in [1.54, 1.807) is 23.7 Å². The number of thiophene rings is 1. The Bertz CT molecular complexity index is 516. The largest absolute Gasteiger partial charge is 0.351 e. The van der Waals surface area contributed by atoms with E-state index >= 15 is 0 Å². The number of aryl methyl sites for hydroxylation is 2. The van der Waals surface area contributed by atoms with Crippen LogP contribution < -0.4 is 5.32 Å². The van der Waals surface area contributed by atoms with Crippen LogP contribution in [0.3, 0.4) is 0 Å². The standard InChI is InChI=1S/C13H17N3OS/c1-3-10-9(2)8-11(18-10)13(17)16-5-4-12-14-6-7-15-12/h6-8H,3-5H2,1-2H3,(H,14,15)(H,16,17). The lowest BCUT2D eigenvalue weighted by molar-refractivity contribution is 0.0958. The van der Waals surface area contributed by atoms with Gasteiger partial charge in [0, 0.05) is 30.2 Å². The summed E-state index contributed by atoms with van der Waals surface area (Å²) in [6.45, 7) is 4.76. The second-order valence-corrected chi connectivity index (χ2v) is 5.25. The van der Waals surface area contributed by atoms with Crippen molar-refractivity contribution in [1.29, 1.82) is 0 Å². The molecular formula is C13H17N3OS. The number of carbonyl (C=O) groups is 1. The van der Waals surface area contributed by atoms with Crippen molar-refractivity contribution in [3.05, 3.63) is 39.6 Å². The van der Waals surface area contributed by atoms with Crippen LogP contribution in [-0.2, 0) is 12.8 Å². The van der Waals surface area contributed by atoms with Crippen LogP contribution in [0.15, 0.2) is 18.5 Å². The number of rotatable bonds is 5. The van der Waals surface area contributed by atoms with Crippen LogP contribution in [0.25, 0.3) is 0 Å². The Kier molecular flexibility index (Phi) is 4.15. The highest BCUT2D eigenvalue weighted by Gasteiger charge is 2.11. The van der Waals surface area contributed by atoms with Crippen LogP contribution in [0.4, 0.5) is 0 Å². The molecule has 0 fully saturated rings. The first-order valence-electron chi connectivity index (χ1n) is 6.06. The van der Waals surface area contributed by atoms with Gasteiger partial charge in [-0.25, -0.2) is 4.98 Å². The minimum Gasteiger partial charge on any atom is -0.351 e. The molecule has 2 aromatic heterocycles. The summed E-state index contributed by atoms with van der Waals surface area (Å²) in [4.78, 5) is 21.1. The van der Waals surface area contributed by atoms with Gasteiger partial charge in [-0.3, -0.25) is 4.79 Å². The van der Waals surface area contributed by atoms with Crippen LogP contribution in [0.5, 0.6) is 0 Å². The van der Waals surface area contributed by atoms with Gasteiger partial charge in [0.25, 0.3) is 5.91 Å². The van der Waals surface area contributed by atoms with Crippen LogP contribution in [0.2, 0.25) is 0 Å². The molecule has 0 aliphatic rings. The van der Waals surface area contributed by atoms with Gasteiger partial charge in [0.05, 0.1) is 4.88 Å². The van der Waals surface area contributed by atoms with Crippen molar-refractivity contribution in [3.63, 3.8) is 0 Å². The van der Waals surface area contributed by atoms with E-state index < -0.39 is 0 Å². The molecule has 1 amide bonds. The van der Waals surface area contributed by atoms with Crippen LogP contribution in [0.1, 0.15) is 32.9 Å². The minimum atomic E-state index is 0.00866. The number of aromatic amines is 1. The van der Waals surface area contributed by atoms with Gasteiger partial charge in [-0.05, 0) is 25.0 Å². The molecule has 18 heavy (non-hydrogen) atoms. The molecule has 0 saturated heterocycles. The number of amides is 1. The average Bonchev–Trinajstić information content (AvgIpc) is 2.98. The molecule has 0 aliphatic carbocycles. The summed E-state index contributed by atoms with van der Waals surface area (Å²) in [5.74, 6) is 0.904. The van der Waals surface area contributed by atoms with Gasteiger partial charge in [0.15, 0.2) is 0 Å². The molecule has 0 unspecified atom stereocenters. The van der Waals surface area contributed by atoms with E-state index in [-0.39, 0.29) is 5.91 Å². The second-order valence-electron chi connectivity index (χ2n) is 4.11. The molecule has 0 spiro atoms. The van der Waals surface area contributed by atoms with E-state index in [4.69, 9.17) is 0 Å². The number of carbonyl (C=O) groups excluding carboxylic acids is 1. The molecule has 0 saturated carbocycles. The Morgan fingerprint density at radius 3 is 3.00 bits per heavy atom. The Balaban J connectivity index is 1.87. The molecule has 0 atom stereocenters. The first-order valence-corrected chi connectivity index (χ1v) is 6.88. The van der Waals surface area contributed by atoms with E-state index in [2.05, 4.69) is 29.1 Å². The lowest BCUT2D eigenvalue weighted by Crippen LogP contribution is -2.25. The lowest BCUT2D eigenvalue weighted by atomic mass is 10.2. The Morgan fingerprint density at radius 1 is 1.56 bits per heavy atom. The van der Waals surface area contributed by atoms with Crippen molar-refractivity contribution in [3.8, 4) is 0 Å². The van der Waals surface area contributed by atoms with Crippen molar-refractivity contribution in [2.24, 2.45) is 0 Å². The van der Waals surface area contributed by atoms with Crippen molar-refractivity contribution in [1.82, 2.24) is 15.3 Å². The summed E-state index contributed by atoms with van der Waals surface area (Å²) in [5.41, 5.74) is 1.21. The highest BCUT2D eigenvalue weighted by molar-refractivity contribution is 7.14. The number of nitrogens with zero attached hydrogens (tertiary/aromatic N) is 1. The molecule has 2 N–H and O–H groups in total. The van der Waals surface area contributed by atoms with E-state index in [1.165, 1.54) is 10.4 Å². The van der Waals surface area contributed by atoms with Gasteiger partial charge in [-0.1, -0.05) is 6.92 Å². The molecule has 2 aromatic rings. The van der Waals surface area contributed by atoms with Crippen LogP contribution >= 0.6 is 11.3 Å². The van der Waals surface area contributed by atoms with E-state index in [9.17, 15) is 4.79 Å². The molecule has 0 bridgehead atoms. The summed E-state index contributed by atoms with van der Waals surface area (Å²) in [6, 6.07) is 1.96. The third-order valence-corrected chi connectivity index (χ3v) is 4.15. The van der Waals surface area contributed by atoms with Gasteiger partial charge >= 0.3 is 0 Å². The quantitative estimate of drug-likeness (QED) is 0.869. The number of hydrogen-bond acceptors (Lipinski definition) is 3. The van der Waals surface area contributed by atoms with Crippen molar-refractivity contribution in [2.75, 3.05) is 6.54 Å². The number of hydrogen-bond donors (Lipinski definition) is 2. The zero-order valence-electron chi connectivity index (χ0n) is 10.6. The summed E-state index contributed by atoms with van der Waals surface area (Å²) in [6.07, 6.45) is 5.21. The third-order valence-electron chi connectivity index (χ3n) is 2.77. The maximum absolute atomic E-state index is 11.9. The zero-order chi connectivity index (χ0) is 13.0. The fraction of sp³-hybridized carbons (Fsp3) is 0.385. The molecule has 0 aliphatic heterocycles. The van der Waals surface area contributed by atoms with E-state index in [0.29, 0.717) is 6.54 Å². The molecule has 4 nitrogen and oxygen atoms in total. The first kappa shape index (κ1) is 12.8. The fourth-order valence-electron chi connectivity index (χ4n) is 1.80. The highest BCUT2D eigenvalue weighted by Crippen LogP contribution is 2.22. The zero-order valence-corrected chi connectivity index (χ0v) is 11.4. The predicted octanol–water partition coefficient (Wildman–Crippen LogP) is 2.31. The number of imidazole rings is 1. The monoisotopic (exact) mass is 263 g/mol. The second kappa shape index (κ2) is 5.82. The van der Waals surface area contributed by atoms with Crippen LogP contribution in [0, 0.1) is 6.92 Å². The van der Waals surface area contributed by atoms with Gasteiger partial charge in [0.2, 0.25) is 0 Å². The Labute approximate surface area is 110 Å². The molecule has 96 valence electrons. The predicted molar refractivity (Wildman–Crippen MR) is 73.1 cm³/mol. The van der Waals surface area contributed by atoms with Crippen molar-refractivity contribution in [2.45, 2.75) is 26.7 Å². The number of H-pyrrole nitrogens is 1. The first-order chi connectivity index (χ1) is 8.70. The topological polar surface area (TPSA) is 57.8 Å². The molecule has 0 radical (unpaired) electrons. The molecule has 5 heteroatoms. The van der Waals surface area contributed by atoms with Gasteiger partial charge in [-0.2, -0.15) is 0 Å². The smallest absolute Gasteiger partial charge is 0.261 e. The normalized spacial score (nSPS) is 10.6. The fourth-order valence-corrected chi connectivity index (χ4v) is 2.83. The van der Waals surface area contributed by atoms with E-state index in [0.717, 1.165) is 23.5 Å². The molecule has 2 heterocycles. The summed E-state index contributed by atoms with van der Waals surface area (Å²) < 4.78 is 0. The number of nitrogens with one attached hydrogen (secondary N) is 2. The highest BCUT2D eigenvalue weighted by atomic mass is 32.1. The van der Waals surface area contributed by atoms with Gasteiger partial charge < -0.3 is 10.3 Å². The summed E-state index contributed by atoms with van der Waals surface area (Å²) in [7, 11) is 0. The molecular weight excluding hydrogens is 246 g/mol. The van der Waals surface area contributed by atoms with Crippen LogP contribution in [-0.4, -0.2) is 22.4 Å². The maximum Gasteiger partial charge on any atom is 0.261 e. The average molecular weight is 263 g/mol. The summed E-state index contributed by atoms with van der Waals surface area (Å²) in [5, 5.41) is 2.91. The minimum absolute atomic E-state index is 0.00866. The Morgan fingerprint density at radius 2 is 2.39 bits per heavy atom. The van der Waals surface area contributed by atoms with Gasteiger partial charge in [-0.15, -0.1) is 11.3 Å². The van der Waals surface area contributed by atoms with E-state index in [1.807, 2.05) is 6.07 Å². The summed E-state index contributed by atoms with van der Waals surface area (Å²) >= 11 is 1.58. The Hall–Kier alpha value is -1.62. The number of aromatic nitrogens is 2. The molecule has 0 aromatic carbocycles. The maximum atomic E-state index is 11.9. The van der Waals surface area contributed by atoms with Gasteiger partial charge in [0.1, 0.15) is 5.82 Å².